The molecule has 0 aliphatic rings. The summed E-state index contributed by atoms with van der Waals surface area (Å²) in [7, 11) is 0. The Kier molecular flexibility index (Phi) is 3.33. The Hall–Kier alpha value is -1.89. The summed E-state index contributed by atoms with van der Waals surface area (Å²) in [6, 6.07) is 4.38. The molecule has 0 aliphatic carbocycles. The zero-order valence-corrected chi connectivity index (χ0v) is 10.9. The second-order valence-corrected chi connectivity index (χ2v) is 4.35. The normalized spacial score (nSPS) is 10.6. The van der Waals surface area contributed by atoms with Crippen LogP contribution in [0.25, 0.3) is 11.0 Å². The summed E-state index contributed by atoms with van der Waals surface area (Å²) >= 11 is 3.17. The number of furan rings is 1. The molecule has 1 aromatic carbocycles. The van der Waals surface area contributed by atoms with Gasteiger partial charge in [-0.15, -0.1) is 0 Å². The molecule has 0 amide bonds. The van der Waals surface area contributed by atoms with Crippen molar-refractivity contribution in [2.75, 3.05) is 6.61 Å². The minimum atomic E-state index is -0.640. The summed E-state index contributed by atoms with van der Waals surface area (Å²) < 4.78 is 10.5. The summed E-state index contributed by atoms with van der Waals surface area (Å²) in [5.41, 5.74) is -0.138. The van der Waals surface area contributed by atoms with E-state index in [0.29, 0.717) is 9.86 Å². The highest BCUT2D eigenvalue weighted by Crippen LogP contribution is 2.32. The van der Waals surface area contributed by atoms with Crippen molar-refractivity contribution < 1.29 is 18.9 Å². The molecule has 2 aromatic rings. The molecule has 0 spiro atoms. The van der Waals surface area contributed by atoms with Gasteiger partial charge in [0.25, 0.3) is 0 Å². The fraction of sp³-hybridized carbons (Fsp3) is 0.182. The molecule has 1 heterocycles. The van der Waals surface area contributed by atoms with Crippen molar-refractivity contribution in [2.24, 2.45) is 0 Å². The first-order chi connectivity index (χ1) is 8.52. The van der Waals surface area contributed by atoms with Gasteiger partial charge in [-0.3, -0.25) is 10.1 Å². The van der Waals surface area contributed by atoms with E-state index in [1.165, 1.54) is 12.1 Å². The molecule has 6 nitrogen and oxygen atoms in total. The maximum atomic E-state index is 11.5. The first-order valence-corrected chi connectivity index (χ1v) is 5.87. The number of halogens is 1. The first kappa shape index (κ1) is 12.6. The van der Waals surface area contributed by atoms with Gasteiger partial charge in [0.05, 0.1) is 11.5 Å². The Morgan fingerprint density at radius 1 is 1.50 bits per heavy atom. The molecule has 94 valence electrons. The van der Waals surface area contributed by atoms with E-state index in [2.05, 4.69) is 15.9 Å². The van der Waals surface area contributed by atoms with Gasteiger partial charge in [0.1, 0.15) is 0 Å². The van der Waals surface area contributed by atoms with Gasteiger partial charge in [-0.2, -0.15) is 0 Å². The minimum Gasteiger partial charge on any atom is -0.460 e. The van der Waals surface area contributed by atoms with Gasteiger partial charge in [0, 0.05) is 15.9 Å². The number of rotatable bonds is 3. The number of nitrogens with zero attached hydrogens (tertiary/aromatic N) is 1. The number of ether oxygens (including phenoxy) is 1. The Bertz CT molecular complexity index is 634. The lowest BCUT2D eigenvalue weighted by Gasteiger charge is -1.96. The molecular weight excluding hydrogens is 306 g/mol. The quantitative estimate of drug-likeness (QED) is 0.493. The maximum absolute atomic E-state index is 11.5. The van der Waals surface area contributed by atoms with Crippen LogP contribution in [0.3, 0.4) is 0 Å². The number of benzene rings is 1. The molecule has 0 atom stereocenters. The number of nitro benzene ring substituents is 1. The van der Waals surface area contributed by atoms with E-state index in [-0.39, 0.29) is 23.6 Å². The molecule has 0 unspecified atom stereocenters. The fourth-order valence-corrected chi connectivity index (χ4v) is 2.00. The van der Waals surface area contributed by atoms with Crippen molar-refractivity contribution in [1.82, 2.24) is 0 Å². The van der Waals surface area contributed by atoms with Crippen LogP contribution in [0.5, 0.6) is 0 Å². The predicted molar refractivity (Wildman–Crippen MR) is 66.5 cm³/mol. The van der Waals surface area contributed by atoms with E-state index < -0.39 is 10.9 Å². The first-order valence-electron chi connectivity index (χ1n) is 5.07. The summed E-state index contributed by atoms with van der Waals surface area (Å²) in [6.45, 7) is 1.88. The van der Waals surface area contributed by atoms with Gasteiger partial charge < -0.3 is 9.15 Å². The van der Waals surface area contributed by atoms with Crippen molar-refractivity contribution in [3.05, 3.63) is 38.5 Å². The molecule has 0 bridgehead atoms. The molecule has 0 saturated carbocycles. The molecular formula is C11H8BrNO5. The van der Waals surface area contributed by atoms with E-state index in [0.717, 1.165) is 0 Å². The molecule has 2 rings (SSSR count). The number of carbonyl (C=O) groups excluding carboxylic acids is 1. The largest absolute Gasteiger partial charge is 0.460 e. The van der Waals surface area contributed by atoms with Crippen LogP contribution in [-0.2, 0) is 4.74 Å². The van der Waals surface area contributed by atoms with Crippen molar-refractivity contribution >= 4 is 38.6 Å². The molecule has 7 heteroatoms. The lowest BCUT2D eigenvalue weighted by molar-refractivity contribution is -0.383. The molecule has 0 saturated heterocycles. The van der Waals surface area contributed by atoms with Crippen LogP contribution >= 0.6 is 15.9 Å². The highest BCUT2D eigenvalue weighted by Gasteiger charge is 2.21. The maximum Gasteiger partial charge on any atom is 0.374 e. The lowest BCUT2D eigenvalue weighted by atomic mass is 10.2. The third-order valence-corrected chi connectivity index (χ3v) is 2.69. The van der Waals surface area contributed by atoms with Gasteiger partial charge in [-0.1, -0.05) is 15.9 Å². The Morgan fingerprint density at radius 2 is 2.22 bits per heavy atom. The molecule has 0 aliphatic heterocycles. The van der Waals surface area contributed by atoms with Crippen LogP contribution in [0.15, 0.2) is 27.1 Å². The van der Waals surface area contributed by atoms with Crippen molar-refractivity contribution in [2.45, 2.75) is 6.92 Å². The standard InChI is InChI=1S/C11H8BrNO5/c1-2-17-11(14)9-4-6-3-7(12)5-8(13(15)16)10(6)18-9/h3-5H,2H2,1H3. The van der Waals surface area contributed by atoms with Crippen LogP contribution in [0.4, 0.5) is 5.69 Å². The Labute approximate surface area is 110 Å². The SMILES string of the molecule is CCOC(=O)c1cc2cc(Br)cc([N+](=O)[O-])c2o1. The number of fused-ring (bicyclic) bond motifs is 1. The molecule has 18 heavy (non-hydrogen) atoms. The van der Waals surface area contributed by atoms with Crippen molar-refractivity contribution in [3.63, 3.8) is 0 Å². The van der Waals surface area contributed by atoms with Gasteiger partial charge in [0.2, 0.25) is 11.3 Å². The highest BCUT2D eigenvalue weighted by molar-refractivity contribution is 9.10. The van der Waals surface area contributed by atoms with Gasteiger partial charge in [-0.05, 0) is 19.1 Å². The number of hydrogen-bond donors (Lipinski definition) is 0. The molecule has 1 aromatic heterocycles. The minimum absolute atomic E-state index is 0.0481. The predicted octanol–water partition coefficient (Wildman–Crippen LogP) is 3.28. The number of non-ortho nitro benzene ring substituents is 1. The van der Waals surface area contributed by atoms with Gasteiger partial charge >= 0.3 is 11.7 Å². The highest BCUT2D eigenvalue weighted by atomic mass is 79.9. The van der Waals surface area contributed by atoms with Crippen LogP contribution in [0.1, 0.15) is 17.5 Å². The summed E-state index contributed by atoms with van der Waals surface area (Å²) in [5.74, 6) is -0.688. The summed E-state index contributed by atoms with van der Waals surface area (Å²) in [4.78, 5) is 21.8. The molecule has 0 fully saturated rings. The average molecular weight is 314 g/mol. The van der Waals surface area contributed by atoms with Gasteiger partial charge in [0.15, 0.2) is 0 Å². The second-order valence-electron chi connectivity index (χ2n) is 3.43. The second kappa shape index (κ2) is 4.77. The summed E-state index contributed by atoms with van der Waals surface area (Å²) in [5, 5.41) is 11.4. The van der Waals surface area contributed by atoms with Crippen LogP contribution in [0, 0.1) is 10.1 Å². The lowest BCUT2D eigenvalue weighted by Crippen LogP contribution is -2.02. The smallest absolute Gasteiger partial charge is 0.374 e. The van der Waals surface area contributed by atoms with Crippen LogP contribution < -0.4 is 0 Å². The Morgan fingerprint density at radius 3 is 2.83 bits per heavy atom. The monoisotopic (exact) mass is 313 g/mol. The topological polar surface area (TPSA) is 82.6 Å². The van der Waals surface area contributed by atoms with Crippen LogP contribution in [-0.4, -0.2) is 17.5 Å². The fourth-order valence-electron chi connectivity index (χ4n) is 1.54. The molecule has 0 N–H and O–H groups in total. The van der Waals surface area contributed by atoms with E-state index in [1.807, 2.05) is 0 Å². The number of hydrogen-bond acceptors (Lipinski definition) is 5. The van der Waals surface area contributed by atoms with E-state index in [9.17, 15) is 14.9 Å². The third kappa shape index (κ3) is 2.21. The van der Waals surface area contributed by atoms with E-state index in [4.69, 9.17) is 9.15 Å². The molecule has 0 radical (unpaired) electrons. The van der Waals surface area contributed by atoms with E-state index >= 15 is 0 Å². The Balaban J connectivity index is 2.60. The average Bonchev–Trinajstić information content (AvgIpc) is 2.71. The van der Waals surface area contributed by atoms with Crippen LogP contribution in [0.2, 0.25) is 0 Å². The zero-order valence-electron chi connectivity index (χ0n) is 9.31. The van der Waals surface area contributed by atoms with Gasteiger partial charge in [-0.25, -0.2) is 4.79 Å². The van der Waals surface area contributed by atoms with Crippen molar-refractivity contribution in [1.29, 1.82) is 0 Å². The third-order valence-electron chi connectivity index (χ3n) is 2.23. The zero-order chi connectivity index (χ0) is 13.3. The van der Waals surface area contributed by atoms with E-state index in [1.54, 1.807) is 13.0 Å². The van der Waals surface area contributed by atoms with Crippen molar-refractivity contribution in [3.8, 4) is 0 Å². The number of nitro groups is 1. The number of carbonyl (C=O) groups is 1. The summed E-state index contributed by atoms with van der Waals surface area (Å²) in [6.07, 6.45) is 0. The number of esters is 1.